The maximum absolute atomic E-state index is 12.3. The van der Waals surface area contributed by atoms with Crippen LogP contribution < -0.4 is 16.0 Å². The largest absolute Gasteiger partial charge is 0.356 e. The molecule has 0 radical (unpaired) electrons. The highest BCUT2D eigenvalue weighted by Gasteiger charge is 2.08. The summed E-state index contributed by atoms with van der Waals surface area (Å²) in [5.74, 6) is -0.842. The second kappa shape index (κ2) is 10.0. The van der Waals surface area contributed by atoms with Crippen molar-refractivity contribution < 1.29 is 14.4 Å². The summed E-state index contributed by atoms with van der Waals surface area (Å²) in [5.41, 5.74) is 3.86. The van der Waals surface area contributed by atoms with Crippen molar-refractivity contribution in [1.29, 1.82) is 0 Å². The van der Waals surface area contributed by atoms with Gasteiger partial charge in [0, 0.05) is 40.0 Å². The molecule has 0 fully saturated rings. The predicted octanol–water partition coefficient (Wildman–Crippen LogP) is 5.16. The van der Waals surface area contributed by atoms with Gasteiger partial charge in [-0.25, -0.2) is 0 Å². The van der Waals surface area contributed by atoms with E-state index < -0.39 is 11.8 Å². The zero-order valence-electron chi connectivity index (χ0n) is 17.3. The number of anilines is 4. The quantitative estimate of drug-likeness (QED) is 0.369. The Labute approximate surface area is 181 Å². The van der Waals surface area contributed by atoms with E-state index in [1.165, 1.54) is 13.0 Å². The Morgan fingerprint density at radius 3 is 1.77 bits per heavy atom. The fraction of sp³-hybridized carbons (Fsp3) is 0.0800. The van der Waals surface area contributed by atoms with E-state index in [2.05, 4.69) is 16.0 Å². The molecule has 31 heavy (non-hydrogen) atoms. The first kappa shape index (κ1) is 21.5. The first-order valence-corrected chi connectivity index (χ1v) is 9.74. The highest BCUT2D eigenvalue weighted by Crippen LogP contribution is 2.19. The number of hydrogen-bond donors (Lipinski definition) is 3. The van der Waals surface area contributed by atoms with Crippen molar-refractivity contribution in [2.75, 3.05) is 16.0 Å². The summed E-state index contributed by atoms with van der Waals surface area (Å²) in [6.45, 7) is 3.04. The van der Waals surface area contributed by atoms with Gasteiger partial charge in [0.1, 0.15) is 0 Å². The molecule has 0 bridgehead atoms. The van der Waals surface area contributed by atoms with Crippen molar-refractivity contribution in [2.45, 2.75) is 13.8 Å². The molecule has 0 spiro atoms. The molecule has 0 aliphatic heterocycles. The van der Waals surface area contributed by atoms with Gasteiger partial charge in [-0.1, -0.05) is 18.2 Å². The molecule has 0 saturated carbocycles. The van der Waals surface area contributed by atoms with Crippen molar-refractivity contribution in [3.63, 3.8) is 0 Å². The van der Waals surface area contributed by atoms with E-state index in [1.807, 2.05) is 42.5 Å². The lowest BCUT2D eigenvalue weighted by Crippen LogP contribution is -2.16. The van der Waals surface area contributed by atoms with Crippen LogP contribution in [0.4, 0.5) is 22.7 Å². The molecular weight excluding hydrogens is 390 g/mol. The molecule has 0 atom stereocenters. The minimum atomic E-state index is -0.400. The van der Waals surface area contributed by atoms with Gasteiger partial charge >= 0.3 is 0 Å². The van der Waals surface area contributed by atoms with Crippen LogP contribution in [0.15, 0.2) is 90.5 Å². The summed E-state index contributed by atoms with van der Waals surface area (Å²) < 4.78 is 0. The van der Waals surface area contributed by atoms with Gasteiger partial charge in [0.05, 0.1) is 0 Å². The molecule has 3 N–H and O–H groups in total. The van der Waals surface area contributed by atoms with Gasteiger partial charge in [0.15, 0.2) is 5.78 Å². The van der Waals surface area contributed by atoms with Gasteiger partial charge in [-0.05, 0) is 74.5 Å². The second-order valence-corrected chi connectivity index (χ2v) is 6.97. The third-order valence-corrected chi connectivity index (χ3v) is 4.47. The Morgan fingerprint density at radius 2 is 1.16 bits per heavy atom. The zero-order chi connectivity index (χ0) is 22.2. The number of Topliss-reactive ketones (excluding diaryl/α,β-unsaturated/α-hetero) is 1. The number of ketones is 1. The van der Waals surface area contributed by atoms with Gasteiger partial charge in [-0.2, -0.15) is 0 Å². The summed E-state index contributed by atoms with van der Waals surface area (Å²) in [6.07, 6.45) is 1.25. The van der Waals surface area contributed by atoms with Crippen LogP contribution in [0.5, 0.6) is 0 Å². The molecule has 0 aromatic heterocycles. The van der Waals surface area contributed by atoms with Crippen molar-refractivity contribution in [1.82, 2.24) is 0 Å². The van der Waals surface area contributed by atoms with E-state index in [4.69, 9.17) is 0 Å². The third kappa shape index (κ3) is 6.40. The van der Waals surface area contributed by atoms with Gasteiger partial charge in [-0.3, -0.25) is 14.4 Å². The number of carbonyl (C=O) groups excluding carboxylic acids is 3. The van der Waals surface area contributed by atoms with Crippen molar-refractivity contribution in [3.05, 3.63) is 96.1 Å². The number of hydrogen-bond acceptors (Lipinski definition) is 4. The van der Waals surface area contributed by atoms with Crippen LogP contribution in [0.3, 0.4) is 0 Å². The maximum atomic E-state index is 12.3. The van der Waals surface area contributed by atoms with Crippen LogP contribution in [0.2, 0.25) is 0 Å². The van der Waals surface area contributed by atoms with Crippen LogP contribution in [0.25, 0.3) is 0 Å². The Bertz CT molecular complexity index is 1100. The fourth-order valence-corrected chi connectivity index (χ4v) is 2.78. The Hall–Kier alpha value is -4.19. The first-order chi connectivity index (χ1) is 14.9. The van der Waals surface area contributed by atoms with Gasteiger partial charge in [-0.15, -0.1) is 0 Å². The first-order valence-electron chi connectivity index (χ1n) is 9.74. The summed E-state index contributed by atoms with van der Waals surface area (Å²) in [6, 6.07) is 23.6. The predicted molar refractivity (Wildman–Crippen MR) is 124 cm³/mol. The summed E-state index contributed by atoms with van der Waals surface area (Å²) in [4.78, 5) is 35.9. The minimum Gasteiger partial charge on any atom is -0.356 e. The number of carbonyl (C=O) groups is 3. The third-order valence-electron chi connectivity index (χ3n) is 4.47. The van der Waals surface area contributed by atoms with Gasteiger partial charge < -0.3 is 16.0 Å². The SMILES string of the molecule is CC(=O)c1ccc(NC(=O)/C(C)=C\C(=O)Nc2ccc(Nc3ccccc3)cc2)cc1. The molecule has 156 valence electrons. The van der Waals surface area contributed by atoms with E-state index in [0.29, 0.717) is 16.9 Å². The Balaban J connectivity index is 1.55. The summed E-state index contributed by atoms with van der Waals surface area (Å²) in [7, 11) is 0. The number of nitrogens with one attached hydrogen (secondary N) is 3. The van der Waals surface area contributed by atoms with E-state index in [-0.39, 0.29) is 11.4 Å². The lowest BCUT2D eigenvalue weighted by atomic mass is 10.1. The monoisotopic (exact) mass is 413 g/mol. The fourth-order valence-electron chi connectivity index (χ4n) is 2.78. The molecule has 6 nitrogen and oxygen atoms in total. The maximum Gasteiger partial charge on any atom is 0.251 e. The Kier molecular flexibility index (Phi) is 6.96. The molecule has 3 aromatic carbocycles. The second-order valence-electron chi connectivity index (χ2n) is 6.97. The van der Waals surface area contributed by atoms with Crippen LogP contribution >= 0.6 is 0 Å². The molecule has 0 aliphatic rings. The lowest BCUT2D eigenvalue weighted by molar-refractivity contribution is -0.114. The lowest BCUT2D eigenvalue weighted by Gasteiger charge is -2.08. The average molecular weight is 413 g/mol. The topological polar surface area (TPSA) is 87.3 Å². The van der Waals surface area contributed by atoms with Crippen molar-refractivity contribution >= 4 is 40.3 Å². The van der Waals surface area contributed by atoms with Gasteiger partial charge in [0.2, 0.25) is 5.91 Å². The number of rotatable bonds is 7. The number of benzene rings is 3. The average Bonchev–Trinajstić information content (AvgIpc) is 2.76. The molecule has 0 aliphatic carbocycles. The zero-order valence-corrected chi connectivity index (χ0v) is 17.3. The van der Waals surface area contributed by atoms with E-state index in [0.717, 1.165) is 11.4 Å². The van der Waals surface area contributed by atoms with Crippen LogP contribution in [-0.2, 0) is 9.59 Å². The van der Waals surface area contributed by atoms with Crippen molar-refractivity contribution in [2.24, 2.45) is 0 Å². The number of amides is 2. The normalized spacial score (nSPS) is 10.8. The molecule has 2 amide bonds. The molecule has 3 rings (SSSR count). The van der Waals surface area contributed by atoms with Crippen LogP contribution in [0.1, 0.15) is 24.2 Å². The molecule has 0 saturated heterocycles. The summed E-state index contributed by atoms with van der Waals surface area (Å²) >= 11 is 0. The summed E-state index contributed by atoms with van der Waals surface area (Å²) in [5, 5.41) is 8.71. The number of para-hydroxylation sites is 1. The van der Waals surface area contributed by atoms with Crippen molar-refractivity contribution in [3.8, 4) is 0 Å². The molecule has 0 heterocycles. The van der Waals surface area contributed by atoms with E-state index in [9.17, 15) is 14.4 Å². The van der Waals surface area contributed by atoms with E-state index in [1.54, 1.807) is 43.3 Å². The van der Waals surface area contributed by atoms with Crippen LogP contribution in [-0.4, -0.2) is 17.6 Å². The molecule has 3 aromatic rings. The highest BCUT2D eigenvalue weighted by molar-refractivity contribution is 6.10. The molecular formula is C25H23N3O3. The molecule has 6 heteroatoms. The van der Waals surface area contributed by atoms with Crippen LogP contribution in [0, 0.1) is 0 Å². The highest BCUT2D eigenvalue weighted by atomic mass is 16.2. The smallest absolute Gasteiger partial charge is 0.251 e. The standard InChI is InChI=1S/C25H23N3O3/c1-17(25(31)28-23-10-8-19(9-11-23)18(2)29)16-24(30)27-22-14-12-21(13-15-22)26-20-6-4-3-5-7-20/h3-16,26H,1-2H3,(H,27,30)(H,28,31)/b17-16-. The van der Waals surface area contributed by atoms with Gasteiger partial charge in [0.25, 0.3) is 5.91 Å². The Morgan fingerprint density at radius 1 is 0.645 bits per heavy atom. The minimum absolute atomic E-state index is 0.0468. The van der Waals surface area contributed by atoms with E-state index >= 15 is 0 Å². The molecule has 0 unspecified atom stereocenters.